The van der Waals surface area contributed by atoms with E-state index in [9.17, 15) is 10.4 Å². The van der Waals surface area contributed by atoms with Gasteiger partial charge in [-0.2, -0.15) is 5.26 Å². The summed E-state index contributed by atoms with van der Waals surface area (Å²) in [6.45, 7) is 6.16. The summed E-state index contributed by atoms with van der Waals surface area (Å²) in [6.07, 6.45) is 13.4. The maximum absolute atomic E-state index is 10.7. The average Bonchev–Trinajstić information content (AvgIpc) is 3.77. The Morgan fingerprint density at radius 1 is 1.10 bits per heavy atom. The molecule has 3 fully saturated rings. The van der Waals surface area contributed by atoms with Gasteiger partial charge in [-0.05, 0) is 80.0 Å². The van der Waals surface area contributed by atoms with Gasteiger partial charge in [0.15, 0.2) is 0 Å². The van der Waals surface area contributed by atoms with Gasteiger partial charge in [0.1, 0.15) is 36.5 Å². The molecule has 48 heavy (non-hydrogen) atoms. The topological polar surface area (TPSA) is 174 Å². The zero-order chi connectivity index (χ0) is 32.9. The number of nitrogens with zero attached hydrogens (tertiary/aromatic N) is 10. The van der Waals surface area contributed by atoms with Crippen LogP contribution >= 0.6 is 0 Å². The van der Waals surface area contributed by atoms with Gasteiger partial charge in [0, 0.05) is 37.1 Å². The molecule has 0 spiro atoms. The third-order valence-corrected chi connectivity index (χ3v) is 9.56. The van der Waals surface area contributed by atoms with Crippen molar-refractivity contribution in [3.05, 3.63) is 48.7 Å². The Kier molecular flexibility index (Phi) is 9.46. The van der Waals surface area contributed by atoms with E-state index in [-0.39, 0.29) is 18.8 Å². The Balaban J connectivity index is 1.04. The number of nitrogens with one attached hydrogen (secondary N) is 1. The van der Waals surface area contributed by atoms with Crippen LogP contribution < -0.4 is 14.8 Å². The first-order valence-corrected chi connectivity index (χ1v) is 16.7. The summed E-state index contributed by atoms with van der Waals surface area (Å²) in [7, 11) is 0. The van der Waals surface area contributed by atoms with Crippen molar-refractivity contribution in [2.75, 3.05) is 38.2 Å². The second-order valence-electron chi connectivity index (χ2n) is 13.0. The van der Waals surface area contributed by atoms with Crippen LogP contribution in [0.2, 0.25) is 0 Å². The molecule has 15 heteroatoms. The van der Waals surface area contributed by atoms with Crippen LogP contribution in [0.4, 0.5) is 11.6 Å². The third kappa shape index (κ3) is 7.40. The van der Waals surface area contributed by atoms with Crippen LogP contribution in [0.15, 0.2) is 43.1 Å². The number of hydrogen-bond acceptors (Lipinski definition) is 13. The number of ether oxygens (including phenoxy) is 3. The van der Waals surface area contributed by atoms with Gasteiger partial charge in [-0.3, -0.25) is 9.58 Å². The van der Waals surface area contributed by atoms with Gasteiger partial charge >= 0.3 is 0 Å². The van der Waals surface area contributed by atoms with Crippen LogP contribution in [0.25, 0.3) is 11.1 Å². The lowest BCUT2D eigenvalue weighted by Crippen LogP contribution is -2.45. The molecule has 7 rings (SSSR count). The fourth-order valence-electron chi connectivity index (χ4n) is 6.65. The maximum Gasteiger partial charge on any atom is 0.257 e. The van der Waals surface area contributed by atoms with Gasteiger partial charge in [0.2, 0.25) is 5.95 Å². The van der Waals surface area contributed by atoms with Crippen LogP contribution in [-0.4, -0.2) is 101 Å². The molecule has 2 aliphatic carbocycles. The number of benzene rings is 1. The predicted octanol–water partition coefficient (Wildman–Crippen LogP) is 3.52. The molecule has 3 aliphatic rings. The van der Waals surface area contributed by atoms with E-state index in [1.54, 1.807) is 23.1 Å². The average molecular weight is 656 g/mol. The molecule has 0 bridgehead atoms. The third-order valence-electron chi connectivity index (χ3n) is 9.56. The van der Waals surface area contributed by atoms with Crippen molar-refractivity contribution >= 4 is 11.6 Å². The number of hydrogen-bond donors (Lipinski definition) is 2. The number of rotatable bonds is 12. The van der Waals surface area contributed by atoms with Crippen molar-refractivity contribution < 1.29 is 19.3 Å². The number of anilines is 2. The van der Waals surface area contributed by atoms with Gasteiger partial charge in [-0.15, -0.1) is 10.2 Å². The van der Waals surface area contributed by atoms with Crippen LogP contribution in [0.1, 0.15) is 63.5 Å². The number of morpholine rings is 1. The largest absolute Gasteiger partial charge is 0.487 e. The molecule has 4 aromatic rings. The molecule has 3 aromatic heterocycles. The Hall–Kier alpha value is -4.65. The lowest BCUT2D eigenvalue weighted by molar-refractivity contribution is -0.0672. The Labute approximate surface area is 278 Å². The highest BCUT2D eigenvalue weighted by Gasteiger charge is 2.36. The molecule has 1 aromatic carbocycles. The van der Waals surface area contributed by atoms with Crippen LogP contribution in [-0.2, 0) is 11.3 Å². The summed E-state index contributed by atoms with van der Waals surface area (Å²) < 4.78 is 21.3. The van der Waals surface area contributed by atoms with Crippen molar-refractivity contribution in [3.63, 3.8) is 0 Å². The molecule has 0 amide bonds. The normalized spacial score (nSPS) is 21.5. The van der Waals surface area contributed by atoms with E-state index in [4.69, 9.17) is 19.3 Å². The Morgan fingerprint density at radius 2 is 1.88 bits per heavy atom. The minimum absolute atomic E-state index is 0.194. The molecule has 0 radical (unpaired) electrons. The van der Waals surface area contributed by atoms with Gasteiger partial charge in [0.25, 0.3) is 5.88 Å². The second-order valence-corrected chi connectivity index (χ2v) is 13.0. The predicted molar refractivity (Wildman–Crippen MR) is 174 cm³/mol. The van der Waals surface area contributed by atoms with E-state index in [0.717, 1.165) is 82.4 Å². The monoisotopic (exact) mass is 655 g/mol. The summed E-state index contributed by atoms with van der Waals surface area (Å²) >= 11 is 0. The van der Waals surface area contributed by atoms with E-state index in [1.807, 2.05) is 29.9 Å². The molecule has 2 N–H and O–H groups in total. The molecular formula is C33H41N11O4. The lowest BCUT2D eigenvalue weighted by atomic mass is 9.81. The number of aromatic nitrogens is 8. The number of nitriles is 1. The fraction of sp³-hybridized carbons (Fsp3) is 0.545. The van der Waals surface area contributed by atoms with Crippen LogP contribution in [0.3, 0.4) is 0 Å². The molecule has 0 unspecified atom stereocenters. The Bertz CT molecular complexity index is 1690. The van der Waals surface area contributed by atoms with Crippen molar-refractivity contribution in [1.82, 2.24) is 44.9 Å². The van der Waals surface area contributed by atoms with E-state index in [0.29, 0.717) is 41.4 Å². The van der Waals surface area contributed by atoms with Crippen LogP contribution in [0, 0.1) is 11.3 Å². The molecule has 1 aliphatic heterocycles. The molecule has 2 saturated carbocycles. The zero-order valence-corrected chi connectivity index (χ0v) is 27.1. The molecular weight excluding hydrogens is 614 g/mol. The van der Waals surface area contributed by atoms with Gasteiger partial charge in [-0.1, -0.05) is 6.07 Å². The number of aliphatic hydroxyl groups is 1. The highest BCUT2D eigenvalue weighted by molar-refractivity contribution is 5.67. The highest BCUT2D eigenvalue weighted by Crippen LogP contribution is 2.37. The molecule has 1 saturated heterocycles. The van der Waals surface area contributed by atoms with E-state index in [2.05, 4.69) is 41.8 Å². The van der Waals surface area contributed by atoms with E-state index < -0.39 is 5.60 Å². The standard InChI is InChI=1S/C33H41N11O4/c1-23(19-43-22-37-40-41-43)48-30-15-24(3-4-25(30)16-34)26-17-35-32(36-18-26)38-29-20-44(39-31(29)47-21-33(45)9-2-10-33)28-7-5-27(6-8-28)42-11-13-46-14-12-42/h3-4,15,17-18,20,22-23,27-28,45H,2,5-14,19,21H2,1H3,(H,35,36,38)/t23-,27-,28-/m0/s1. The molecule has 1 atom stereocenters. The van der Waals surface area contributed by atoms with Crippen molar-refractivity contribution in [1.29, 1.82) is 5.26 Å². The van der Waals surface area contributed by atoms with Crippen LogP contribution in [0.5, 0.6) is 11.6 Å². The molecule has 15 nitrogen and oxygen atoms in total. The number of tetrazole rings is 1. The maximum atomic E-state index is 10.7. The summed E-state index contributed by atoms with van der Waals surface area (Å²) in [5.74, 6) is 1.28. The quantitative estimate of drug-likeness (QED) is 0.227. The van der Waals surface area contributed by atoms with E-state index in [1.165, 1.54) is 6.33 Å². The van der Waals surface area contributed by atoms with Gasteiger partial charge < -0.3 is 24.6 Å². The van der Waals surface area contributed by atoms with Gasteiger partial charge in [0.05, 0.1) is 43.2 Å². The van der Waals surface area contributed by atoms with Gasteiger partial charge in [-0.25, -0.2) is 14.6 Å². The van der Waals surface area contributed by atoms with Crippen molar-refractivity contribution in [3.8, 4) is 28.8 Å². The summed E-state index contributed by atoms with van der Waals surface area (Å²) in [5, 5.41) is 39.7. The fourth-order valence-corrected chi connectivity index (χ4v) is 6.65. The van der Waals surface area contributed by atoms with E-state index >= 15 is 0 Å². The first-order chi connectivity index (χ1) is 23.4. The first-order valence-electron chi connectivity index (χ1n) is 16.7. The van der Waals surface area contributed by atoms with Crippen molar-refractivity contribution in [2.45, 2.75) is 82.2 Å². The summed E-state index contributed by atoms with van der Waals surface area (Å²) in [5.41, 5.74) is 1.85. The molecule has 4 heterocycles. The smallest absolute Gasteiger partial charge is 0.257 e. The summed E-state index contributed by atoms with van der Waals surface area (Å²) in [6, 6.07) is 8.43. The highest BCUT2D eigenvalue weighted by atomic mass is 16.5. The first kappa shape index (κ1) is 31.9. The SMILES string of the molecule is C[C@@H](Cn1cnnn1)Oc1cc(-c2cnc(Nc3cn([C@H]4CC[C@H](N5CCOCC5)CC4)nc3OCC3(O)CCC3)nc2)ccc1C#N. The minimum atomic E-state index is -0.801. The van der Waals surface area contributed by atoms with Crippen molar-refractivity contribution in [2.24, 2.45) is 0 Å². The molecule has 252 valence electrons. The zero-order valence-electron chi connectivity index (χ0n) is 27.1. The second kappa shape index (κ2) is 14.2. The summed E-state index contributed by atoms with van der Waals surface area (Å²) in [4.78, 5) is 11.7. The lowest BCUT2D eigenvalue weighted by Gasteiger charge is -2.38. The Morgan fingerprint density at radius 3 is 2.56 bits per heavy atom. The minimum Gasteiger partial charge on any atom is -0.487 e.